The molecule has 1 aromatic rings. The summed E-state index contributed by atoms with van der Waals surface area (Å²) in [5, 5.41) is 1.12. The smallest absolute Gasteiger partial charge is 0.152 e. The highest BCUT2D eigenvalue weighted by atomic mass is 79.9. The highest BCUT2D eigenvalue weighted by Gasteiger charge is 2.32. The maximum absolute atomic E-state index is 12.1. The van der Waals surface area contributed by atoms with E-state index in [1.54, 1.807) is 13.8 Å². The van der Waals surface area contributed by atoms with Crippen LogP contribution in [0, 0.1) is 0 Å². The second-order valence-corrected chi connectivity index (χ2v) is 9.93. The number of alkyl halides is 2. The van der Waals surface area contributed by atoms with Crippen LogP contribution in [-0.4, -0.2) is 30.1 Å². The Bertz CT molecular complexity index is 520. The second-order valence-electron chi connectivity index (χ2n) is 5.22. The van der Waals surface area contributed by atoms with Crippen molar-refractivity contribution in [3.63, 3.8) is 0 Å². The molecule has 0 spiro atoms. The molecule has 1 rings (SSSR count). The van der Waals surface area contributed by atoms with Gasteiger partial charge in [-0.1, -0.05) is 59.9 Å². The molecule has 0 aromatic heterocycles. The van der Waals surface area contributed by atoms with E-state index in [1.807, 2.05) is 12.1 Å². The number of hydrogen-bond acceptors (Lipinski definition) is 2. The van der Waals surface area contributed by atoms with Gasteiger partial charge in [0.05, 0.1) is 11.0 Å². The van der Waals surface area contributed by atoms with Gasteiger partial charge >= 0.3 is 0 Å². The third-order valence-corrected chi connectivity index (χ3v) is 8.44. The van der Waals surface area contributed by atoms with Crippen molar-refractivity contribution in [2.45, 2.75) is 30.9 Å². The molecular formula is C14H19Br3O2S. The first-order valence-corrected chi connectivity index (χ1v) is 11.1. The Morgan fingerprint density at radius 1 is 1.10 bits per heavy atom. The third kappa shape index (κ3) is 4.55. The Kier molecular flexibility index (Phi) is 7.23. The summed E-state index contributed by atoms with van der Waals surface area (Å²) in [6.07, 6.45) is 0.603. The zero-order chi connectivity index (χ0) is 15.4. The van der Waals surface area contributed by atoms with Gasteiger partial charge in [-0.15, -0.1) is 0 Å². The zero-order valence-corrected chi connectivity index (χ0v) is 17.1. The van der Waals surface area contributed by atoms with E-state index in [-0.39, 0.29) is 16.4 Å². The number of hydrogen-bond donors (Lipinski definition) is 0. The Hall–Kier alpha value is 0.610. The molecule has 0 N–H and O–H groups in total. The van der Waals surface area contributed by atoms with Crippen LogP contribution in [0.15, 0.2) is 28.7 Å². The minimum Gasteiger partial charge on any atom is -0.229 e. The van der Waals surface area contributed by atoms with E-state index in [1.165, 1.54) is 0 Å². The van der Waals surface area contributed by atoms with Gasteiger partial charge in [0.25, 0.3) is 0 Å². The summed E-state index contributed by atoms with van der Waals surface area (Å²) in [6, 6.07) is 8.09. The van der Waals surface area contributed by atoms with Crippen LogP contribution in [0.25, 0.3) is 0 Å². The standard InChI is InChI=1S/C14H19Br3O2S/c1-11(2)20(18,19)8-7-14(9-15,10-16)12-3-5-13(17)6-4-12/h3-6,11H,7-10H2,1-2H3. The molecule has 0 atom stereocenters. The van der Waals surface area contributed by atoms with E-state index in [2.05, 4.69) is 59.9 Å². The number of rotatable bonds is 7. The molecule has 6 heteroatoms. The van der Waals surface area contributed by atoms with Crippen molar-refractivity contribution in [1.82, 2.24) is 0 Å². The molecule has 1 aromatic carbocycles. The van der Waals surface area contributed by atoms with Gasteiger partial charge in [-0.25, -0.2) is 8.42 Å². The van der Waals surface area contributed by atoms with Gasteiger partial charge in [0.1, 0.15) is 0 Å². The van der Waals surface area contributed by atoms with Crippen LogP contribution in [0.5, 0.6) is 0 Å². The maximum Gasteiger partial charge on any atom is 0.152 e. The largest absolute Gasteiger partial charge is 0.229 e. The zero-order valence-electron chi connectivity index (χ0n) is 11.6. The highest BCUT2D eigenvalue weighted by Crippen LogP contribution is 2.34. The molecule has 114 valence electrons. The van der Waals surface area contributed by atoms with E-state index >= 15 is 0 Å². The average Bonchev–Trinajstić information content (AvgIpc) is 2.42. The second kappa shape index (κ2) is 7.75. The molecule has 0 amide bonds. The number of benzene rings is 1. The maximum atomic E-state index is 12.1. The van der Waals surface area contributed by atoms with Gasteiger partial charge in [-0.3, -0.25) is 0 Å². The number of sulfone groups is 1. The molecule has 0 unspecified atom stereocenters. The van der Waals surface area contributed by atoms with Crippen molar-refractivity contribution < 1.29 is 8.42 Å². The molecule has 0 aliphatic rings. The molecule has 0 aliphatic heterocycles. The fourth-order valence-corrected chi connectivity index (χ4v) is 5.39. The first kappa shape index (κ1) is 18.7. The third-order valence-electron chi connectivity index (χ3n) is 3.55. The Balaban J connectivity index is 3.01. The van der Waals surface area contributed by atoms with Gasteiger partial charge in [0, 0.05) is 20.5 Å². The fraction of sp³-hybridized carbons (Fsp3) is 0.571. The Morgan fingerprint density at radius 3 is 2.00 bits per heavy atom. The van der Waals surface area contributed by atoms with Crippen LogP contribution < -0.4 is 0 Å². The molecule has 0 radical (unpaired) electrons. The summed E-state index contributed by atoms with van der Waals surface area (Å²) in [5.41, 5.74) is 0.941. The molecule has 0 heterocycles. The molecule has 2 nitrogen and oxygen atoms in total. The minimum absolute atomic E-state index is 0.206. The predicted octanol–water partition coefficient (Wildman–Crippen LogP) is 4.69. The van der Waals surface area contributed by atoms with Crippen molar-refractivity contribution in [2.75, 3.05) is 16.4 Å². The van der Waals surface area contributed by atoms with Gasteiger partial charge in [-0.2, -0.15) is 0 Å². The average molecular weight is 491 g/mol. The van der Waals surface area contributed by atoms with Crippen LogP contribution in [0.1, 0.15) is 25.8 Å². The first-order chi connectivity index (χ1) is 9.27. The van der Waals surface area contributed by atoms with Crippen molar-refractivity contribution in [3.8, 4) is 0 Å². The van der Waals surface area contributed by atoms with Crippen molar-refractivity contribution in [1.29, 1.82) is 0 Å². The summed E-state index contributed by atoms with van der Waals surface area (Å²) in [7, 11) is -3.02. The molecule has 0 saturated carbocycles. The summed E-state index contributed by atoms with van der Waals surface area (Å²) in [5.74, 6) is 0.206. The molecule has 20 heavy (non-hydrogen) atoms. The highest BCUT2D eigenvalue weighted by molar-refractivity contribution is 9.10. The molecule has 0 bridgehead atoms. The van der Waals surface area contributed by atoms with Crippen molar-refractivity contribution in [2.24, 2.45) is 0 Å². The lowest BCUT2D eigenvalue weighted by atomic mass is 9.82. The van der Waals surface area contributed by atoms with E-state index in [4.69, 9.17) is 0 Å². The van der Waals surface area contributed by atoms with Crippen LogP contribution >= 0.6 is 47.8 Å². The fourth-order valence-electron chi connectivity index (χ4n) is 1.84. The van der Waals surface area contributed by atoms with E-state index in [0.717, 1.165) is 20.7 Å². The lowest BCUT2D eigenvalue weighted by molar-refractivity contribution is 0.520. The summed E-state index contributed by atoms with van der Waals surface area (Å²) < 4.78 is 25.1. The van der Waals surface area contributed by atoms with Crippen LogP contribution in [-0.2, 0) is 15.3 Å². The van der Waals surface area contributed by atoms with Gasteiger partial charge < -0.3 is 0 Å². The summed E-state index contributed by atoms with van der Waals surface area (Å²) >= 11 is 10.5. The van der Waals surface area contributed by atoms with Crippen LogP contribution in [0.4, 0.5) is 0 Å². The van der Waals surface area contributed by atoms with Crippen molar-refractivity contribution >= 4 is 57.6 Å². The molecule has 0 saturated heterocycles. The van der Waals surface area contributed by atoms with E-state index in [9.17, 15) is 8.42 Å². The summed E-state index contributed by atoms with van der Waals surface area (Å²) in [6.45, 7) is 3.47. The molecule has 0 fully saturated rings. The quantitative estimate of drug-likeness (QED) is 0.519. The SMILES string of the molecule is CC(C)S(=O)(=O)CCC(CBr)(CBr)c1ccc(Br)cc1. The lowest BCUT2D eigenvalue weighted by Gasteiger charge is -2.31. The minimum atomic E-state index is -3.02. The molecule has 0 aliphatic carbocycles. The summed E-state index contributed by atoms with van der Waals surface area (Å²) in [4.78, 5) is 0. The lowest BCUT2D eigenvalue weighted by Crippen LogP contribution is -2.34. The Morgan fingerprint density at radius 2 is 1.60 bits per heavy atom. The predicted molar refractivity (Wildman–Crippen MR) is 96.9 cm³/mol. The van der Waals surface area contributed by atoms with E-state index < -0.39 is 9.84 Å². The molecular weight excluding hydrogens is 472 g/mol. The topological polar surface area (TPSA) is 34.1 Å². The first-order valence-electron chi connectivity index (χ1n) is 6.37. The van der Waals surface area contributed by atoms with Crippen molar-refractivity contribution in [3.05, 3.63) is 34.3 Å². The van der Waals surface area contributed by atoms with Gasteiger partial charge in [0.2, 0.25) is 0 Å². The van der Waals surface area contributed by atoms with Crippen LogP contribution in [0.3, 0.4) is 0 Å². The normalized spacial score (nSPS) is 12.9. The van der Waals surface area contributed by atoms with E-state index in [0.29, 0.717) is 6.42 Å². The van der Waals surface area contributed by atoms with Gasteiger partial charge in [-0.05, 0) is 38.0 Å². The Labute approximate surface area is 147 Å². The van der Waals surface area contributed by atoms with Crippen LogP contribution in [0.2, 0.25) is 0 Å². The number of halogens is 3. The monoisotopic (exact) mass is 488 g/mol. The van der Waals surface area contributed by atoms with Gasteiger partial charge in [0.15, 0.2) is 9.84 Å².